The summed E-state index contributed by atoms with van der Waals surface area (Å²) >= 11 is 0. The minimum atomic E-state index is -0.461. The van der Waals surface area contributed by atoms with Crippen LogP contribution in [-0.4, -0.2) is 18.6 Å². The molecule has 0 saturated heterocycles. The van der Waals surface area contributed by atoms with Gasteiger partial charge in [0, 0.05) is 19.1 Å². The van der Waals surface area contributed by atoms with Crippen LogP contribution < -0.4 is 9.64 Å². The Hall–Kier alpha value is -2.08. The van der Waals surface area contributed by atoms with E-state index in [0.717, 1.165) is 0 Å². The molecule has 96 valence electrons. The molecular weight excluding hydrogens is 236 g/mol. The van der Waals surface area contributed by atoms with E-state index in [9.17, 15) is 5.21 Å². The maximum absolute atomic E-state index is 11.6. The largest absolute Gasteiger partial charge is 0.425 e. The monoisotopic (exact) mass is 250 g/mol. The van der Waals surface area contributed by atoms with Crippen LogP contribution in [0, 0.1) is 5.21 Å². The summed E-state index contributed by atoms with van der Waals surface area (Å²) < 4.78 is 15.1. The van der Waals surface area contributed by atoms with E-state index >= 15 is 0 Å². The lowest BCUT2D eigenvalue weighted by atomic mass is 10.2. The average molecular weight is 250 g/mol. The van der Waals surface area contributed by atoms with Gasteiger partial charge in [-0.15, -0.1) is 0 Å². The third-order valence-electron chi connectivity index (χ3n) is 2.47. The SMILES string of the molecule is CCC(OC)Oc1no[n+]([O-])c1-c1ccccc1. The Morgan fingerprint density at radius 2 is 2.11 bits per heavy atom. The summed E-state index contributed by atoms with van der Waals surface area (Å²) in [7, 11) is 1.53. The number of benzene rings is 1. The molecule has 0 bridgehead atoms. The second-order valence-corrected chi connectivity index (χ2v) is 3.64. The fourth-order valence-corrected chi connectivity index (χ4v) is 1.56. The first kappa shape index (κ1) is 12.4. The summed E-state index contributed by atoms with van der Waals surface area (Å²) in [6, 6.07) is 9.05. The first-order valence-electron chi connectivity index (χ1n) is 5.60. The van der Waals surface area contributed by atoms with Crippen LogP contribution in [0.25, 0.3) is 11.3 Å². The number of aromatic nitrogens is 2. The lowest BCUT2D eigenvalue weighted by Gasteiger charge is -2.11. The summed E-state index contributed by atoms with van der Waals surface area (Å²) in [4.78, 5) is 0.326. The summed E-state index contributed by atoms with van der Waals surface area (Å²) in [6.45, 7) is 1.90. The number of hydrogen-bond acceptors (Lipinski definition) is 5. The molecule has 0 saturated carbocycles. The lowest BCUT2D eigenvalue weighted by molar-refractivity contribution is -0.793. The van der Waals surface area contributed by atoms with Crippen molar-refractivity contribution in [2.75, 3.05) is 7.11 Å². The molecule has 1 unspecified atom stereocenters. The van der Waals surface area contributed by atoms with E-state index in [4.69, 9.17) is 9.47 Å². The Morgan fingerprint density at radius 3 is 2.72 bits per heavy atom. The van der Waals surface area contributed by atoms with Gasteiger partial charge in [-0.25, -0.2) is 0 Å². The molecule has 1 atom stereocenters. The van der Waals surface area contributed by atoms with Gasteiger partial charge in [0.1, 0.15) is 0 Å². The Kier molecular flexibility index (Phi) is 3.78. The van der Waals surface area contributed by atoms with Gasteiger partial charge in [-0.05, 0) is 4.90 Å². The minimum absolute atomic E-state index is 0.130. The summed E-state index contributed by atoms with van der Waals surface area (Å²) in [5, 5.41) is 15.2. The van der Waals surface area contributed by atoms with Crippen molar-refractivity contribution in [3.8, 4) is 17.1 Å². The number of nitrogens with zero attached hydrogens (tertiary/aromatic N) is 2. The highest BCUT2D eigenvalue weighted by molar-refractivity contribution is 5.60. The van der Waals surface area contributed by atoms with Crippen LogP contribution in [0.4, 0.5) is 0 Å². The number of methoxy groups -OCH3 is 1. The number of hydrogen-bond donors (Lipinski definition) is 0. The minimum Gasteiger partial charge on any atom is -0.425 e. The van der Waals surface area contributed by atoms with Crippen molar-refractivity contribution >= 4 is 0 Å². The highest BCUT2D eigenvalue weighted by Crippen LogP contribution is 2.25. The van der Waals surface area contributed by atoms with Gasteiger partial charge in [-0.2, -0.15) is 0 Å². The third kappa shape index (κ3) is 2.43. The first-order chi connectivity index (χ1) is 8.76. The zero-order chi connectivity index (χ0) is 13.0. The van der Waals surface area contributed by atoms with Gasteiger partial charge in [-0.3, -0.25) is 4.63 Å². The molecule has 0 amide bonds. The van der Waals surface area contributed by atoms with Crippen LogP contribution in [0.15, 0.2) is 35.0 Å². The van der Waals surface area contributed by atoms with Crippen molar-refractivity contribution in [3.05, 3.63) is 35.5 Å². The predicted octanol–water partition coefficient (Wildman–Crippen LogP) is 1.74. The Morgan fingerprint density at radius 1 is 1.39 bits per heavy atom. The maximum Gasteiger partial charge on any atom is 0.405 e. The molecule has 0 aliphatic heterocycles. The van der Waals surface area contributed by atoms with Gasteiger partial charge >= 0.3 is 5.88 Å². The van der Waals surface area contributed by atoms with Crippen LogP contribution >= 0.6 is 0 Å². The van der Waals surface area contributed by atoms with Crippen LogP contribution in [-0.2, 0) is 4.74 Å². The van der Waals surface area contributed by atoms with E-state index in [-0.39, 0.29) is 11.6 Å². The van der Waals surface area contributed by atoms with Crippen molar-refractivity contribution < 1.29 is 19.0 Å². The molecule has 1 aromatic carbocycles. The van der Waals surface area contributed by atoms with Crippen LogP contribution in [0.1, 0.15) is 13.3 Å². The molecule has 6 heteroatoms. The number of rotatable bonds is 5. The summed E-state index contributed by atoms with van der Waals surface area (Å²) in [5.41, 5.74) is 0.917. The average Bonchev–Trinajstić information content (AvgIpc) is 2.78. The van der Waals surface area contributed by atoms with Crippen molar-refractivity contribution in [3.63, 3.8) is 0 Å². The van der Waals surface area contributed by atoms with Crippen LogP contribution in [0.5, 0.6) is 5.88 Å². The van der Waals surface area contributed by atoms with E-state index in [1.807, 2.05) is 25.1 Å². The normalized spacial score (nSPS) is 12.3. The molecule has 18 heavy (non-hydrogen) atoms. The van der Waals surface area contributed by atoms with E-state index < -0.39 is 6.29 Å². The quantitative estimate of drug-likeness (QED) is 0.597. The fourth-order valence-electron chi connectivity index (χ4n) is 1.56. The second-order valence-electron chi connectivity index (χ2n) is 3.64. The summed E-state index contributed by atoms with van der Waals surface area (Å²) in [5.74, 6) is 0.130. The molecule has 1 aromatic heterocycles. The van der Waals surface area contributed by atoms with Gasteiger partial charge in [0.15, 0.2) is 0 Å². The molecule has 0 N–H and O–H groups in total. The van der Waals surface area contributed by atoms with Gasteiger partial charge in [0.05, 0.1) is 5.16 Å². The van der Waals surface area contributed by atoms with Crippen molar-refractivity contribution in [1.82, 2.24) is 5.16 Å². The van der Waals surface area contributed by atoms with Crippen molar-refractivity contribution in [2.45, 2.75) is 19.6 Å². The molecule has 1 heterocycles. The molecule has 0 fully saturated rings. The van der Waals surface area contributed by atoms with E-state index in [1.54, 1.807) is 12.1 Å². The van der Waals surface area contributed by atoms with E-state index in [1.165, 1.54) is 7.11 Å². The van der Waals surface area contributed by atoms with Crippen molar-refractivity contribution in [1.29, 1.82) is 0 Å². The van der Waals surface area contributed by atoms with Crippen molar-refractivity contribution in [2.24, 2.45) is 0 Å². The molecule has 2 rings (SSSR count). The molecule has 2 aromatic rings. The van der Waals surface area contributed by atoms with E-state index in [2.05, 4.69) is 9.79 Å². The Bertz CT molecular complexity index is 494. The third-order valence-corrected chi connectivity index (χ3v) is 2.47. The highest BCUT2D eigenvalue weighted by atomic mass is 16.8. The standard InChI is InChI=1S/C12H14N2O4/c1-3-10(16-2)17-12-11(14(15)18-13-12)9-7-5-4-6-8-9/h4-8,10H,3H2,1-2H3. The van der Waals surface area contributed by atoms with Crippen LogP contribution in [0.2, 0.25) is 0 Å². The van der Waals surface area contributed by atoms with Gasteiger partial charge in [-0.1, -0.05) is 37.3 Å². The topological polar surface area (TPSA) is 71.4 Å². The second kappa shape index (κ2) is 5.50. The zero-order valence-electron chi connectivity index (χ0n) is 10.2. The zero-order valence-corrected chi connectivity index (χ0v) is 10.2. The molecule has 0 aliphatic rings. The Labute approximate surface area is 104 Å². The smallest absolute Gasteiger partial charge is 0.405 e. The van der Waals surface area contributed by atoms with Gasteiger partial charge < -0.3 is 14.7 Å². The molecule has 0 spiro atoms. The van der Waals surface area contributed by atoms with E-state index in [0.29, 0.717) is 16.9 Å². The fraction of sp³-hybridized carbons (Fsp3) is 0.333. The first-order valence-corrected chi connectivity index (χ1v) is 5.60. The summed E-state index contributed by atoms with van der Waals surface area (Å²) in [6.07, 6.45) is 0.175. The highest BCUT2D eigenvalue weighted by Gasteiger charge is 2.25. The molecular formula is C12H14N2O4. The Balaban J connectivity index is 2.33. The van der Waals surface area contributed by atoms with Gasteiger partial charge in [0.25, 0.3) is 5.69 Å². The molecule has 6 nitrogen and oxygen atoms in total. The number of ether oxygens (including phenoxy) is 2. The van der Waals surface area contributed by atoms with Gasteiger partial charge in [0.2, 0.25) is 6.29 Å². The molecule has 0 radical (unpaired) electrons. The predicted molar refractivity (Wildman–Crippen MR) is 62.6 cm³/mol. The van der Waals surface area contributed by atoms with Crippen LogP contribution in [0.3, 0.4) is 0 Å². The molecule has 0 aliphatic carbocycles. The lowest BCUT2D eigenvalue weighted by Crippen LogP contribution is -2.26. The maximum atomic E-state index is 11.6.